The topological polar surface area (TPSA) is 54.2 Å². The summed E-state index contributed by atoms with van der Waals surface area (Å²) in [6, 6.07) is 4.06. The maximum Gasteiger partial charge on any atom is 0.435 e. The fourth-order valence-corrected chi connectivity index (χ4v) is 3.21. The number of aliphatic imine (C=N–C) groups is 1. The zero-order valence-corrected chi connectivity index (χ0v) is 15.4. The number of hydrogen-bond donors (Lipinski definition) is 2. The van der Waals surface area contributed by atoms with E-state index in [1.165, 1.54) is 18.1 Å². The van der Waals surface area contributed by atoms with Crippen LogP contribution in [0.5, 0.6) is 0 Å². The number of thiophene rings is 1. The maximum atomic E-state index is 13.0. The molecule has 0 aliphatic carbocycles. The van der Waals surface area contributed by atoms with Crippen molar-refractivity contribution in [2.45, 2.75) is 32.0 Å². The average Bonchev–Trinajstić information content (AvgIpc) is 3.16. The third-order valence-corrected chi connectivity index (χ3v) is 4.96. The fourth-order valence-electron chi connectivity index (χ4n) is 2.36. The third kappa shape index (κ3) is 4.97. The quantitative estimate of drug-likeness (QED) is 0.625. The summed E-state index contributed by atoms with van der Waals surface area (Å²) >= 11 is 1.67. The highest BCUT2D eigenvalue weighted by molar-refractivity contribution is 7.10. The first-order chi connectivity index (χ1) is 11.6. The standard InChI is InChI=1S/C16H22F3N5S/c1-15(2,12-6-5-7-25-12)10-22-14(20-3)21-8-11-9-24(4)23-13(11)16(17,18)19/h5-7,9H,8,10H2,1-4H3,(H2,20,21,22). The van der Waals surface area contributed by atoms with Crippen molar-refractivity contribution in [3.05, 3.63) is 39.8 Å². The van der Waals surface area contributed by atoms with E-state index in [1.807, 2.05) is 11.4 Å². The fraction of sp³-hybridized carbons (Fsp3) is 0.500. The van der Waals surface area contributed by atoms with Crippen molar-refractivity contribution in [2.75, 3.05) is 13.6 Å². The smallest absolute Gasteiger partial charge is 0.356 e. The number of aromatic nitrogens is 2. The second-order valence-corrected chi connectivity index (χ2v) is 7.26. The van der Waals surface area contributed by atoms with Crippen molar-refractivity contribution in [3.8, 4) is 0 Å². The first kappa shape index (κ1) is 19.3. The van der Waals surface area contributed by atoms with Gasteiger partial charge in [-0.25, -0.2) is 0 Å². The van der Waals surface area contributed by atoms with Gasteiger partial charge in [0.1, 0.15) is 0 Å². The van der Waals surface area contributed by atoms with Crippen LogP contribution in [0, 0.1) is 0 Å². The maximum absolute atomic E-state index is 13.0. The second kappa shape index (κ2) is 7.47. The van der Waals surface area contributed by atoms with Crippen molar-refractivity contribution >= 4 is 17.3 Å². The van der Waals surface area contributed by atoms with Gasteiger partial charge in [-0.3, -0.25) is 9.67 Å². The summed E-state index contributed by atoms with van der Waals surface area (Å²) in [5.74, 6) is 0.446. The van der Waals surface area contributed by atoms with Crippen LogP contribution in [-0.4, -0.2) is 29.3 Å². The molecule has 0 bridgehead atoms. The van der Waals surface area contributed by atoms with E-state index in [9.17, 15) is 13.2 Å². The molecular formula is C16H22F3N5S. The number of aryl methyl sites for hydroxylation is 1. The van der Waals surface area contributed by atoms with Crippen LogP contribution in [0.25, 0.3) is 0 Å². The minimum Gasteiger partial charge on any atom is -0.356 e. The van der Waals surface area contributed by atoms with E-state index >= 15 is 0 Å². The van der Waals surface area contributed by atoms with E-state index < -0.39 is 11.9 Å². The predicted octanol–water partition coefficient (Wildman–Crippen LogP) is 3.14. The molecule has 2 heterocycles. The molecule has 0 fully saturated rings. The lowest BCUT2D eigenvalue weighted by atomic mass is 9.91. The molecule has 5 nitrogen and oxygen atoms in total. The Morgan fingerprint density at radius 2 is 2.04 bits per heavy atom. The number of alkyl halides is 3. The zero-order valence-electron chi connectivity index (χ0n) is 14.6. The van der Waals surface area contributed by atoms with Crippen LogP contribution in [0.2, 0.25) is 0 Å². The van der Waals surface area contributed by atoms with Crippen molar-refractivity contribution in [2.24, 2.45) is 12.0 Å². The van der Waals surface area contributed by atoms with Gasteiger partial charge in [-0.15, -0.1) is 11.3 Å². The number of halogens is 3. The zero-order chi connectivity index (χ0) is 18.7. The first-order valence-corrected chi connectivity index (χ1v) is 8.59. The summed E-state index contributed by atoms with van der Waals surface area (Å²) in [6.07, 6.45) is -3.12. The normalized spacial score (nSPS) is 13.2. The average molecular weight is 373 g/mol. The summed E-state index contributed by atoms with van der Waals surface area (Å²) in [4.78, 5) is 5.30. The molecule has 0 aliphatic heterocycles. The number of rotatable bonds is 5. The monoisotopic (exact) mass is 373 g/mol. The van der Waals surface area contributed by atoms with Crippen molar-refractivity contribution < 1.29 is 13.2 Å². The van der Waals surface area contributed by atoms with E-state index in [4.69, 9.17) is 0 Å². The summed E-state index contributed by atoms with van der Waals surface area (Å²) in [5, 5.41) is 11.6. The molecule has 0 saturated heterocycles. The van der Waals surface area contributed by atoms with Crippen LogP contribution in [-0.2, 0) is 25.2 Å². The minimum absolute atomic E-state index is 0.0121. The lowest BCUT2D eigenvalue weighted by Crippen LogP contribution is -2.43. The van der Waals surface area contributed by atoms with Gasteiger partial charge in [-0.1, -0.05) is 19.9 Å². The summed E-state index contributed by atoms with van der Waals surface area (Å²) < 4.78 is 40.1. The van der Waals surface area contributed by atoms with Gasteiger partial charge in [0.2, 0.25) is 0 Å². The molecule has 2 aromatic heterocycles. The Labute approximate surface area is 149 Å². The minimum atomic E-state index is -4.48. The van der Waals surface area contributed by atoms with Crippen molar-refractivity contribution in [3.63, 3.8) is 0 Å². The lowest BCUT2D eigenvalue weighted by molar-refractivity contribution is -0.142. The molecule has 25 heavy (non-hydrogen) atoms. The third-order valence-electron chi connectivity index (χ3n) is 3.73. The molecule has 0 unspecified atom stereocenters. The van der Waals surface area contributed by atoms with E-state index in [0.29, 0.717) is 12.5 Å². The van der Waals surface area contributed by atoms with Crippen LogP contribution >= 0.6 is 11.3 Å². The molecule has 0 radical (unpaired) electrons. The molecule has 2 aromatic rings. The van der Waals surface area contributed by atoms with Crippen LogP contribution in [0.15, 0.2) is 28.7 Å². The SMILES string of the molecule is CN=C(NCc1cn(C)nc1C(F)(F)F)NCC(C)(C)c1cccs1. The first-order valence-electron chi connectivity index (χ1n) is 7.71. The van der Waals surface area contributed by atoms with Gasteiger partial charge in [0.05, 0.1) is 0 Å². The molecule has 9 heteroatoms. The summed E-state index contributed by atoms with van der Waals surface area (Å²) in [6.45, 7) is 4.79. The number of hydrogen-bond acceptors (Lipinski definition) is 3. The Morgan fingerprint density at radius 1 is 1.32 bits per heavy atom. The lowest BCUT2D eigenvalue weighted by Gasteiger charge is -2.25. The largest absolute Gasteiger partial charge is 0.435 e. The van der Waals surface area contributed by atoms with Crippen molar-refractivity contribution in [1.29, 1.82) is 0 Å². The van der Waals surface area contributed by atoms with Gasteiger partial charge in [0.15, 0.2) is 11.7 Å². The predicted molar refractivity (Wildman–Crippen MR) is 93.8 cm³/mol. The summed E-state index contributed by atoms with van der Waals surface area (Å²) in [5.41, 5.74) is -0.913. The van der Waals surface area contributed by atoms with Gasteiger partial charge < -0.3 is 10.6 Å². The Bertz CT molecular complexity index is 717. The van der Waals surface area contributed by atoms with E-state index in [0.717, 1.165) is 4.68 Å². The molecule has 2 rings (SSSR count). The van der Waals surface area contributed by atoms with Gasteiger partial charge in [-0.05, 0) is 11.4 Å². The van der Waals surface area contributed by atoms with E-state index in [-0.39, 0.29) is 17.5 Å². The Balaban J connectivity index is 1.98. The highest BCUT2D eigenvalue weighted by Gasteiger charge is 2.36. The van der Waals surface area contributed by atoms with Gasteiger partial charge in [0.25, 0.3) is 0 Å². The van der Waals surface area contributed by atoms with Crippen LogP contribution in [0.3, 0.4) is 0 Å². The summed E-state index contributed by atoms with van der Waals surface area (Å²) in [7, 11) is 3.05. The molecule has 0 atom stereocenters. The highest BCUT2D eigenvalue weighted by atomic mass is 32.1. The Morgan fingerprint density at radius 3 is 2.60 bits per heavy atom. The molecule has 0 amide bonds. The highest BCUT2D eigenvalue weighted by Crippen LogP contribution is 2.30. The van der Waals surface area contributed by atoms with E-state index in [2.05, 4.69) is 40.6 Å². The van der Waals surface area contributed by atoms with E-state index in [1.54, 1.807) is 18.4 Å². The van der Waals surface area contributed by atoms with Crippen molar-refractivity contribution in [1.82, 2.24) is 20.4 Å². The van der Waals surface area contributed by atoms with Gasteiger partial charge >= 0.3 is 6.18 Å². The van der Waals surface area contributed by atoms with Crippen LogP contribution < -0.4 is 10.6 Å². The molecule has 0 saturated carbocycles. The number of guanidine groups is 1. The Kier molecular flexibility index (Phi) is 5.76. The van der Waals surface area contributed by atoms with Crippen LogP contribution in [0.1, 0.15) is 30.0 Å². The van der Waals surface area contributed by atoms with Gasteiger partial charge in [0, 0.05) is 49.2 Å². The number of nitrogens with zero attached hydrogens (tertiary/aromatic N) is 3. The molecule has 0 aromatic carbocycles. The number of nitrogens with one attached hydrogen (secondary N) is 2. The molecule has 0 spiro atoms. The second-order valence-electron chi connectivity index (χ2n) is 6.31. The Hall–Kier alpha value is -2.03. The molecule has 0 aliphatic rings. The van der Waals surface area contributed by atoms with Gasteiger partial charge in [-0.2, -0.15) is 18.3 Å². The molecule has 2 N–H and O–H groups in total. The molecule has 138 valence electrons. The molecular weight excluding hydrogens is 351 g/mol. The van der Waals surface area contributed by atoms with Crippen LogP contribution in [0.4, 0.5) is 13.2 Å².